The van der Waals surface area contributed by atoms with Gasteiger partial charge in [0, 0.05) is 0 Å². The van der Waals surface area contributed by atoms with Gasteiger partial charge in [0.25, 0.3) is 0 Å². The van der Waals surface area contributed by atoms with E-state index in [1.807, 2.05) is 0 Å². The van der Waals surface area contributed by atoms with Crippen LogP contribution < -0.4 is 5.32 Å². The Balaban J connectivity index is 2.63. The molecule has 1 unspecified atom stereocenters. The molecule has 17 heavy (non-hydrogen) atoms. The van der Waals surface area contributed by atoms with E-state index in [9.17, 15) is 9.59 Å². The van der Waals surface area contributed by atoms with Crippen molar-refractivity contribution in [2.75, 3.05) is 6.61 Å². The smallest absolute Gasteiger partial charge is 0.407 e. The molecule has 0 aromatic carbocycles. The molecule has 1 aliphatic rings. The molecule has 1 saturated carbocycles. The summed E-state index contributed by atoms with van der Waals surface area (Å²) in [6.45, 7) is 6.79. The Morgan fingerprint density at radius 3 is 2.59 bits per heavy atom. The lowest BCUT2D eigenvalue weighted by molar-refractivity contribution is -0.148. The minimum atomic E-state index is -0.992. The second-order valence-corrected chi connectivity index (χ2v) is 4.87. The number of alkyl carbamates (subject to hydrolysis) is 1. The summed E-state index contributed by atoms with van der Waals surface area (Å²) >= 11 is 0. The molecule has 0 radical (unpaired) electrons. The van der Waals surface area contributed by atoms with Crippen LogP contribution in [0.3, 0.4) is 0 Å². The van der Waals surface area contributed by atoms with E-state index in [0.717, 1.165) is 12.8 Å². The maximum Gasteiger partial charge on any atom is 0.407 e. The van der Waals surface area contributed by atoms with Gasteiger partial charge in [-0.1, -0.05) is 12.7 Å². The van der Waals surface area contributed by atoms with Crippen LogP contribution in [0.2, 0.25) is 0 Å². The van der Waals surface area contributed by atoms with Crippen LogP contribution >= 0.6 is 0 Å². The Kier molecular flexibility index (Phi) is 4.15. The normalized spacial score (nSPS) is 17.1. The van der Waals surface area contributed by atoms with Crippen LogP contribution in [0.25, 0.3) is 0 Å². The van der Waals surface area contributed by atoms with Crippen LogP contribution in [0.15, 0.2) is 12.7 Å². The van der Waals surface area contributed by atoms with Gasteiger partial charge < -0.3 is 15.2 Å². The van der Waals surface area contributed by atoms with Crippen LogP contribution in [0, 0.1) is 11.3 Å². The highest BCUT2D eigenvalue weighted by atomic mass is 16.5. The lowest BCUT2D eigenvalue weighted by Crippen LogP contribution is -2.50. The molecule has 0 bridgehead atoms. The third-order valence-electron chi connectivity index (χ3n) is 3.03. The summed E-state index contributed by atoms with van der Waals surface area (Å²) < 4.78 is 4.81. The summed E-state index contributed by atoms with van der Waals surface area (Å²) in [5.41, 5.74) is -0.992. The fraction of sp³-hybridized carbons (Fsp3) is 0.667. The summed E-state index contributed by atoms with van der Waals surface area (Å²) in [7, 11) is 0. The SMILES string of the molecule is C=CCOC(=O)NC(C1CC1)C(C)(C)C(=O)O. The molecule has 2 N–H and O–H groups in total. The fourth-order valence-corrected chi connectivity index (χ4v) is 1.75. The largest absolute Gasteiger partial charge is 0.481 e. The van der Waals surface area contributed by atoms with Crippen molar-refractivity contribution in [1.82, 2.24) is 5.32 Å². The Morgan fingerprint density at radius 2 is 2.18 bits per heavy atom. The number of amides is 1. The number of hydrogen-bond acceptors (Lipinski definition) is 3. The number of rotatable bonds is 6. The van der Waals surface area contributed by atoms with Gasteiger partial charge in [-0.25, -0.2) is 4.79 Å². The van der Waals surface area contributed by atoms with E-state index in [2.05, 4.69) is 11.9 Å². The number of hydrogen-bond donors (Lipinski definition) is 2. The van der Waals surface area contributed by atoms with E-state index in [0.29, 0.717) is 0 Å². The fourth-order valence-electron chi connectivity index (χ4n) is 1.75. The summed E-state index contributed by atoms with van der Waals surface area (Å²) in [5.74, 6) is -0.684. The maximum absolute atomic E-state index is 11.4. The van der Waals surface area contributed by atoms with Gasteiger partial charge in [-0.3, -0.25) is 4.79 Å². The molecular weight excluding hydrogens is 222 g/mol. The summed E-state index contributed by atoms with van der Waals surface area (Å²) in [6.07, 6.45) is 2.77. The number of carboxylic acids is 1. The first-order valence-corrected chi connectivity index (χ1v) is 5.67. The number of aliphatic carboxylic acids is 1. The summed E-state index contributed by atoms with van der Waals surface area (Å²) in [4.78, 5) is 22.6. The Morgan fingerprint density at radius 1 is 1.59 bits per heavy atom. The first kappa shape index (κ1) is 13.5. The quantitative estimate of drug-likeness (QED) is 0.695. The van der Waals surface area contributed by atoms with Crippen molar-refractivity contribution in [3.63, 3.8) is 0 Å². The predicted molar refractivity (Wildman–Crippen MR) is 62.6 cm³/mol. The highest BCUT2D eigenvalue weighted by molar-refractivity contribution is 5.76. The predicted octanol–water partition coefficient (Wildman–Crippen LogP) is 1.79. The Hall–Kier alpha value is -1.52. The molecule has 1 atom stereocenters. The number of nitrogens with one attached hydrogen (secondary N) is 1. The highest BCUT2D eigenvalue weighted by Gasteiger charge is 2.46. The molecule has 0 aromatic rings. The zero-order valence-corrected chi connectivity index (χ0v) is 10.2. The zero-order chi connectivity index (χ0) is 13.1. The maximum atomic E-state index is 11.4. The molecule has 1 aliphatic carbocycles. The molecule has 0 heterocycles. The molecule has 5 heteroatoms. The zero-order valence-electron chi connectivity index (χ0n) is 10.2. The summed E-state index contributed by atoms with van der Waals surface area (Å²) in [6, 6.07) is -0.391. The third-order valence-corrected chi connectivity index (χ3v) is 3.03. The molecule has 1 fully saturated rings. The van der Waals surface area contributed by atoms with Crippen LogP contribution in [-0.4, -0.2) is 29.8 Å². The Labute approximate surface area is 101 Å². The van der Waals surface area contributed by atoms with Crippen molar-refractivity contribution < 1.29 is 19.4 Å². The van der Waals surface area contributed by atoms with E-state index in [-0.39, 0.29) is 12.5 Å². The molecule has 1 rings (SSSR count). The van der Waals surface area contributed by atoms with Crippen molar-refractivity contribution in [3.05, 3.63) is 12.7 Å². The lowest BCUT2D eigenvalue weighted by atomic mass is 9.82. The molecule has 96 valence electrons. The van der Waals surface area contributed by atoms with Gasteiger partial charge in [-0.15, -0.1) is 0 Å². The second kappa shape index (κ2) is 5.21. The van der Waals surface area contributed by atoms with Crippen molar-refractivity contribution in [2.45, 2.75) is 32.7 Å². The minimum absolute atomic E-state index is 0.122. The molecule has 0 aromatic heterocycles. The van der Waals surface area contributed by atoms with E-state index in [1.54, 1.807) is 13.8 Å². The molecular formula is C12H19NO4. The highest BCUT2D eigenvalue weighted by Crippen LogP contribution is 2.40. The van der Waals surface area contributed by atoms with Gasteiger partial charge in [0.05, 0.1) is 11.5 Å². The first-order valence-electron chi connectivity index (χ1n) is 5.67. The average molecular weight is 241 g/mol. The molecule has 1 amide bonds. The van der Waals surface area contributed by atoms with Crippen molar-refractivity contribution >= 4 is 12.1 Å². The number of ether oxygens (including phenoxy) is 1. The van der Waals surface area contributed by atoms with Gasteiger partial charge in [-0.2, -0.15) is 0 Å². The van der Waals surface area contributed by atoms with Crippen LogP contribution in [0.4, 0.5) is 4.79 Å². The van der Waals surface area contributed by atoms with E-state index in [1.165, 1.54) is 6.08 Å². The van der Waals surface area contributed by atoms with Crippen LogP contribution in [-0.2, 0) is 9.53 Å². The van der Waals surface area contributed by atoms with E-state index in [4.69, 9.17) is 9.84 Å². The van der Waals surface area contributed by atoms with Gasteiger partial charge in [-0.05, 0) is 32.6 Å². The van der Waals surface area contributed by atoms with Gasteiger partial charge in [0.2, 0.25) is 0 Å². The van der Waals surface area contributed by atoms with Gasteiger partial charge >= 0.3 is 12.1 Å². The molecule has 0 saturated heterocycles. The van der Waals surface area contributed by atoms with Crippen LogP contribution in [0.1, 0.15) is 26.7 Å². The molecule has 0 aliphatic heterocycles. The molecule has 0 spiro atoms. The number of carbonyl (C=O) groups excluding carboxylic acids is 1. The first-order chi connectivity index (χ1) is 7.89. The summed E-state index contributed by atoms with van der Waals surface area (Å²) in [5, 5.41) is 11.8. The lowest BCUT2D eigenvalue weighted by Gasteiger charge is -2.30. The number of carboxylic acid groups (broad SMARTS) is 1. The third kappa shape index (κ3) is 3.47. The van der Waals surface area contributed by atoms with Crippen molar-refractivity contribution in [3.8, 4) is 0 Å². The topological polar surface area (TPSA) is 75.6 Å². The average Bonchev–Trinajstić information content (AvgIpc) is 3.06. The number of carbonyl (C=O) groups is 2. The van der Waals surface area contributed by atoms with E-state index >= 15 is 0 Å². The Bertz CT molecular complexity index is 320. The van der Waals surface area contributed by atoms with Crippen LogP contribution in [0.5, 0.6) is 0 Å². The molecule has 5 nitrogen and oxygen atoms in total. The van der Waals surface area contributed by atoms with Crippen molar-refractivity contribution in [2.24, 2.45) is 11.3 Å². The standard InChI is InChI=1S/C12H19NO4/c1-4-7-17-11(16)13-9(8-5-6-8)12(2,3)10(14)15/h4,8-9H,1,5-7H2,2-3H3,(H,13,16)(H,14,15). The second-order valence-electron chi connectivity index (χ2n) is 4.87. The van der Waals surface area contributed by atoms with Gasteiger partial charge in [0.1, 0.15) is 6.61 Å². The minimum Gasteiger partial charge on any atom is -0.481 e. The van der Waals surface area contributed by atoms with Crippen molar-refractivity contribution in [1.29, 1.82) is 0 Å². The van der Waals surface area contributed by atoms with E-state index < -0.39 is 23.5 Å². The van der Waals surface area contributed by atoms with Gasteiger partial charge in [0.15, 0.2) is 0 Å². The monoisotopic (exact) mass is 241 g/mol.